The quantitative estimate of drug-likeness (QED) is 0.186. The highest BCUT2D eigenvalue weighted by molar-refractivity contribution is 7.91. The summed E-state index contributed by atoms with van der Waals surface area (Å²) >= 11 is 0. The molecule has 2 aliphatic heterocycles. The lowest BCUT2D eigenvalue weighted by Crippen LogP contribution is -2.50. The average Bonchev–Trinajstić information content (AvgIpc) is 3.74. The van der Waals surface area contributed by atoms with Crippen LogP contribution in [0.3, 0.4) is 0 Å². The summed E-state index contributed by atoms with van der Waals surface area (Å²) < 4.78 is 39.5. The highest BCUT2D eigenvalue weighted by Crippen LogP contribution is 2.57. The van der Waals surface area contributed by atoms with E-state index < -0.39 is 55.5 Å². The van der Waals surface area contributed by atoms with Crippen molar-refractivity contribution in [2.24, 2.45) is 22.7 Å². The predicted molar refractivity (Wildman–Crippen MR) is 223 cm³/mol. The number of amides is 3. The number of carbonyl (C=O) groups excluding carboxylic acids is 4. The van der Waals surface area contributed by atoms with Crippen LogP contribution in [-0.4, -0.2) is 90.3 Å². The molecule has 58 heavy (non-hydrogen) atoms. The Hall–Kier alpha value is -4.78. The number of benzene rings is 2. The van der Waals surface area contributed by atoms with Gasteiger partial charge in [0.1, 0.15) is 17.6 Å². The van der Waals surface area contributed by atoms with Gasteiger partial charge in [0.15, 0.2) is 5.78 Å². The van der Waals surface area contributed by atoms with Crippen LogP contribution in [0.2, 0.25) is 0 Å². The van der Waals surface area contributed by atoms with Gasteiger partial charge < -0.3 is 19.3 Å². The van der Waals surface area contributed by atoms with Gasteiger partial charge >= 0.3 is 0 Å². The lowest BCUT2D eigenvalue weighted by atomic mass is 9.77. The van der Waals surface area contributed by atoms with Crippen LogP contribution < -0.4 is 14.2 Å². The molecule has 2 aromatic carbocycles. The van der Waals surface area contributed by atoms with E-state index in [2.05, 4.69) is 11.3 Å². The Morgan fingerprint density at radius 1 is 1.00 bits per heavy atom. The molecule has 2 saturated heterocycles. The molecule has 1 aromatic heterocycles. The first-order chi connectivity index (χ1) is 27.3. The number of nitrogens with one attached hydrogen (secondary N) is 1. The van der Waals surface area contributed by atoms with Crippen molar-refractivity contribution in [2.45, 2.75) is 103 Å². The van der Waals surface area contributed by atoms with Crippen molar-refractivity contribution in [3.8, 4) is 22.8 Å². The molecule has 3 aromatic rings. The number of Topliss-reactive ketones (excluding diaryl/α,β-unsaturated/α-hetero) is 1. The van der Waals surface area contributed by atoms with E-state index in [1.165, 1.54) is 20.8 Å². The average molecular weight is 815 g/mol. The summed E-state index contributed by atoms with van der Waals surface area (Å²) in [5.74, 6) is -1.58. The first kappa shape index (κ1) is 42.8. The van der Waals surface area contributed by atoms with Gasteiger partial charge in [-0.05, 0) is 69.9 Å². The van der Waals surface area contributed by atoms with Crippen LogP contribution in [-0.2, 0) is 29.2 Å². The van der Waals surface area contributed by atoms with Crippen LogP contribution in [0.4, 0.5) is 0 Å². The number of aromatic nitrogens is 1. The lowest BCUT2D eigenvalue weighted by Gasteiger charge is -2.36. The molecule has 312 valence electrons. The maximum absolute atomic E-state index is 14.9. The molecule has 3 fully saturated rings. The van der Waals surface area contributed by atoms with Gasteiger partial charge in [0.25, 0.3) is 0 Å². The van der Waals surface area contributed by atoms with E-state index in [0.29, 0.717) is 35.8 Å². The lowest BCUT2D eigenvalue weighted by molar-refractivity contribution is -0.148. The molecule has 0 unspecified atom stereocenters. The molecule has 6 rings (SSSR count). The summed E-state index contributed by atoms with van der Waals surface area (Å²) in [6.45, 7) is 15.5. The predicted octanol–water partition coefficient (Wildman–Crippen LogP) is 6.72. The monoisotopic (exact) mass is 814 g/mol. The van der Waals surface area contributed by atoms with E-state index in [1.54, 1.807) is 18.1 Å². The van der Waals surface area contributed by atoms with Gasteiger partial charge in [-0.2, -0.15) is 0 Å². The summed E-state index contributed by atoms with van der Waals surface area (Å²) in [6, 6.07) is 16.0. The maximum atomic E-state index is 14.9. The summed E-state index contributed by atoms with van der Waals surface area (Å²) in [4.78, 5) is 65.4. The Bertz CT molecular complexity index is 2170. The van der Waals surface area contributed by atoms with Crippen molar-refractivity contribution in [3.63, 3.8) is 0 Å². The van der Waals surface area contributed by atoms with Gasteiger partial charge in [0.05, 0.1) is 47.0 Å². The number of sulfonamides is 1. The summed E-state index contributed by atoms with van der Waals surface area (Å²) in [6.07, 6.45) is 3.91. The zero-order valence-corrected chi connectivity index (χ0v) is 35.7. The molecule has 3 amide bonds. The van der Waals surface area contributed by atoms with E-state index >= 15 is 0 Å². The molecule has 13 heteroatoms. The third kappa shape index (κ3) is 8.94. The molecule has 12 nitrogen and oxygen atoms in total. The Morgan fingerprint density at radius 2 is 1.69 bits per heavy atom. The number of hydrogen-bond acceptors (Lipinski definition) is 9. The number of fused-ring (bicyclic) bond motifs is 1. The fraction of sp³-hybridized carbons (Fsp3) is 0.533. The zero-order valence-electron chi connectivity index (χ0n) is 34.9. The van der Waals surface area contributed by atoms with E-state index in [9.17, 15) is 27.6 Å². The zero-order chi connectivity index (χ0) is 42.2. The van der Waals surface area contributed by atoms with E-state index in [-0.39, 0.29) is 49.8 Å². The number of rotatable bonds is 13. The molecule has 5 atom stereocenters. The number of methoxy groups -OCH3 is 1. The first-order valence-corrected chi connectivity index (χ1v) is 21.8. The van der Waals surface area contributed by atoms with Gasteiger partial charge in [0, 0.05) is 55.4 Å². The van der Waals surface area contributed by atoms with Crippen molar-refractivity contribution in [3.05, 3.63) is 67.3 Å². The second-order valence-electron chi connectivity index (χ2n) is 18.2. The van der Waals surface area contributed by atoms with Crippen molar-refractivity contribution in [1.29, 1.82) is 0 Å². The fourth-order valence-corrected chi connectivity index (χ4v) is 8.93. The molecule has 0 radical (unpaired) electrons. The number of ether oxygens (including phenoxy) is 2. The van der Waals surface area contributed by atoms with Crippen LogP contribution in [0, 0.1) is 22.7 Å². The number of ketones is 1. The number of likely N-dealkylation sites (tertiary alicyclic amines) is 2. The molecule has 1 saturated carbocycles. The molecule has 1 N–H and O–H groups in total. The third-order valence-corrected chi connectivity index (χ3v) is 14.2. The normalized spacial score (nSPS) is 22.9. The molecule has 3 heterocycles. The number of piperidine rings is 1. The largest absolute Gasteiger partial charge is 0.497 e. The number of pyridine rings is 1. The van der Waals surface area contributed by atoms with Crippen LogP contribution >= 0.6 is 0 Å². The number of hydrogen-bond donors (Lipinski definition) is 1. The highest BCUT2D eigenvalue weighted by Gasteiger charge is 2.61. The summed E-state index contributed by atoms with van der Waals surface area (Å²) in [7, 11) is -2.48. The summed E-state index contributed by atoms with van der Waals surface area (Å²) in [5.41, 5.74) is 0.218. The van der Waals surface area contributed by atoms with Crippen LogP contribution in [0.15, 0.2) is 67.3 Å². The number of carbonyl (C=O) groups is 4. The maximum Gasteiger partial charge on any atom is 0.240 e. The third-order valence-electron chi connectivity index (χ3n) is 12.1. The highest BCUT2D eigenvalue weighted by atomic mass is 32.2. The van der Waals surface area contributed by atoms with Gasteiger partial charge in [-0.25, -0.2) is 13.4 Å². The molecule has 1 aliphatic carbocycles. The minimum absolute atomic E-state index is 0.00191. The summed E-state index contributed by atoms with van der Waals surface area (Å²) in [5, 5.41) is 0.718. The van der Waals surface area contributed by atoms with Gasteiger partial charge in [-0.3, -0.25) is 23.9 Å². The molecule has 0 spiro atoms. The first-order valence-electron chi connectivity index (χ1n) is 20.3. The Morgan fingerprint density at radius 3 is 2.29 bits per heavy atom. The smallest absolute Gasteiger partial charge is 0.240 e. The fourth-order valence-electron chi connectivity index (χ4n) is 8.17. The van der Waals surface area contributed by atoms with Gasteiger partial charge in [-0.1, -0.05) is 57.2 Å². The number of allylic oxidation sites excluding steroid dienone is 1. The Kier molecular flexibility index (Phi) is 12.2. The SMILES string of the molecule is C=C[C@@H]1C[C@]1(CC(=O)[C@@H]1C[C@@H](Oc2cc(-c3ccccc3)nc3cc(OC)ccc23)CN1C(=O)[C@@H](CC(=O)N1CCCCC1)C(C)(C)C)C(=O)NS(=O)(=O)C(C)(C)C. The van der Waals surface area contributed by atoms with Gasteiger partial charge in [-0.15, -0.1) is 6.58 Å². The second kappa shape index (κ2) is 16.5. The van der Waals surface area contributed by atoms with Crippen molar-refractivity contribution in [2.75, 3.05) is 26.7 Å². The van der Waals surface area contributed by atoms with Crippen molar-refractivity contribution in [1.82, 2.24) is 19.5 Å². The van der Waals surface area contributed by atoms with E-state index in [0.717, 1.165) is 30.2 Å². The molecular weight excluding hydrogens is 757 g/mol. The standard InChI is InChI=1S/C45H58N4O8S/c1-9-30-26-45(30,42(53)47-58(54,55)44(5,6)7)27-38(50)37-23-32(28-49(37)41(52)34(43(2,3)4)24-40(51)48-20-14-11-15-21-48)57-39-25-35(29-16-12-10-13-17-29)46-36-22-31(56-8)18-19-33(36)39/h9-10,12-13,16-19,22,25,30,32,34,37H,1,11,14-15,20-21,23-24,26-28H2,2-8H3,(H,47,53)/t30-,32-,34-,37+,45-/m1/s1. The number of nitrogens with zero attached hydrogens (tertiary/aromatic N) is 3. The van der Waals surface area contributed by atoms with Gasteiger partial charge in [0.2, 0.25) is 27.7 Å². The van der Waals surface area contributed by atoms with E-state index in [4.69, 9.17) is 14.5 Å². The van der Waals surface area contributed by atoms with Crippen LogP contribution in [0.5, 0.6) is 11.5 Å². The van der Waals surface area contributed by atoms with Crippen molar-refractivity contribution < 1.29 is 37.1 Å². The van der Waals surface area contributed by atoms with Crippen LogP contribution in [0.25, 0.3) is 22.2 Å². The molecular formula is C45H58N4O8S. The minimum atomic E-state index is -4.07. The van der Waals surface area contributed by atoms with Crippen LogP contribution in [0.1, 0.15) is 86.5 Å². The molecule has 0 bridgehead atoms. The minimum Gasteiger partial charge on any atom is -0.497 e. The Labute approximate surface area is 342 Å². The Balaban J connectivity index is 1.35. The topological polar surface area (TPSA) is 152 Å². The van der Waals surface area contributed by atoms with E-state index in [1.807, 2.05) is 80.3 Å². The van der Waals surface area contributed by atoms with Crippen molar-refractivity contribution >= 4 is 44.4 Å². The molecule has 3 aliphatic rings. The second-order valence-corrected chi connectivity index (χ2v) is 20.6.